The number of benzene rings is 2. The van der Waals surface area contributed by atoms with Crippen molar-refractivity contribution in [1.29, 1.82) is 0 Å². The number of aromatic amines is 1. The summed E-state index contributed by atoms with van der Waals surface area (Å²) in [7, 11) is 0. The lowest BCUT2D eigenvalue weighted by Gasteiger charge is -2.08. The van der Waals surface area contributed by atoms with Gasteiger partial charge in [-0.1, -0.05) is 67.7 Å². The van der Waals surface area contributed by atoms with E-state index in [1.807, 2.05) is 42.5 Å². The van der Waals surface area contributed by atoms with Crippen molar-refractivity contribution in [2.45, 2.75) is 0 Å². The minimum Gasteiger partial charge on any atom is -0.382 e. The highest BCUT2D eigenvalue weighted by Crippen LogP contribution is 2.41. The molecule has 0 fully saturated rings. The maximum Gasteiger partial charge on any atom is 0.153 e. The standard InChI is InChI=1S/C15H10Br2ClN3/c16-11-4-2-1-3-9(11)13-14(20-21-15(13)19)10-6-5-8(18)7-12(10)17/h1-7H,(H3,19,20,21). The van der Waals surface area contributed by atoms with Gasteiger partial charge >= 0.3 is 0 Å². The van der Waals surface area contributed by atoms with Crippen molar-refractivity contribution in [3.8, 4) is 22.4 Å². The maximum atomic E-state index is 6.06. The van der Waals surface area contributed by atoms with Gasteiger partial charge in [0.1, 0.15) is 0 Å². The Hall–Kier alpha value is -1.30. The van der Waals surface area contributed by atoms with Gasteiger partial charge < -0.3 is 5.73 Å². The van der Waals surface area contributed by atoms with Crippen LogP contribution >= 0.6 is 43.5 Å². The molecule has 0 saturated heterocycles. The zero-order chi connectivity index (χ0) is 15.0. The Morgan fingerprint density at radius 2 is 1.76 bits per heavy atom. The molecule has 1 aromatic heterocycles. The number of hydrogen-bond donors (Lipinski definition) is 2. The Morgan fingerprint density at radius 1 is 1.00 bits per heavy atom. The summed E-state index contributed by atoms with van der Waals surface area (Å²) in [6.07, 6.45) is 0. The number of nitrogens with two attached hydrogens (primary N) is 1. The molecular weight excluding hydrogens is 417 g/mol. The fourth-order valence-electron chi connectivity index (χ4n) is 2.18. The van der Waals surface area contributed by atoms with Crippen LogP contribution in [0.25, 0.3) is 22.4 Å². The quantitative estimate of drug-likeness (QED) is 0.567. The molecule has 0 saturated carbocycles. The molecule has 0 spiro atoms. The summed E-state index contributed by atoms with van der Waals surface area (Å²) in [6, 6.07) is 13.5. The first-order valence-corrected chi connectivity index (χ1v) is 8.08. The Balaban J connectivity index is 2.25. The third kappa shape index (κ3) is 2.73. The predicted octanol–water partition coefficient (Wildman–Crippen LogP) is 5.50. The van der Waals surface area contributed by atoms with Crippen LogP contribution in [0.1, 0.15) is 0 Å². The molecule has 6 heteroatoms. The number of H-pyrrole nitrogens is 1. The molecule has 0 aliphatic rings. The fraction of sp³-hybridized carbons (Fsp3) is 0. The van der Waals surface area contributed by atoms with Gasteiger partial charge in [-0.2, -0.15) is 5.10 Å². The molecule has 106 valence electrons. The van der Waals surface area contributed by atoms with E-state index in [1.54, 1.807) is 0 Å². The summed E-state index contributed by atoms with van der Waals surface area (Å²) in [5.74, 6) is 0.457. The zero-order valence-corrected chi connectivity index (χ0v) is 14.6. The van der Waals surface area contributed by atoms with Crippen molar-refractivity contribution < 1.29 is 0 Å². The highest BCUT2D eigenvalue weighted by atomic mass is 79.9. The number of nitrogens with one attached hydrogen (secondary N) is 1. The first-order valence-electron chi connectivity index (χ1n) is 6.12. The van der Waals surface area contributed by atoms with Gasteiger partial charge in [0.15, 0.2) is 5.82 Å². The van der Waals surface area contributed by atoms with Gasteiger partial charge in [-0.05, 0) is 18.2 Å². The highest BCUT2D eigenvalue weighted by molar-refractivity contribution is 9.11. The lowest BCUT2D eigenvalue weighted by molar-refractivity contribution is 1.10. The number of nitrogens with zero attached hydrogens (tertiary/aromatic N) is 1. The van der Waals surface area contributed by atoms with Crippen molar-refractivity contribution in [3.05, 3.63) is 56.4 Å². The van der Waals surface area contributed by atoms with Gasteiger partial charge in [0.2, 0.25) is 0 Å². The van der Waals surface area contributed by atoms with Gasteiger partial charge in [-0.3, -0.25) is 5.10 Å². The third-order valence-corrected chi connectivity index (χ3v) is 4.72. The van der Waals surface area contributed by atoms with E-state index in [2.05, 4.69) is 42.1 Å². The molecule has 3 aromatic rings. The molecule has 0 radical (unpaired) electrons. The van der Waals surface area contributed by atoms with Crippen molar-refractivity contribution in [3.63, 3.8) is 0 Å². The molecule has 0 atom stereocenters. The summed E-state index contributed by atoms with van der Waals surface area (Å²) in [5, 5.41) is 7.83. The largest absolute Gasteiger partial charge is 0.382 e. The van der Waals surface area contributed by atoms with Crippen molar-refractivity contribution >= 4 is 49.3 Å². The smallest absolute Gasteiger partial charge is 0.153 e. The SMILES string of the molecule is Nc1n[nH]c(-c2ccc(Cl)cc2Br)c1-c1ccccc1Br. The zero-order valence-electron chi connectivity index (χ0n) is 10.7. The summed E-state index contributed by atoms with van der Waals surface area (Å²) in [6.45, 7) is 0. The van der Waals surface area contributed by atoms with Crippen LogP contribution in [-0.2, 0) is 0 Å². The van der Waals surface area contributed by atoms with Gasteiger partial charge in [-0.25, -0.2) is 0 Å². The number of nitrogen functional groups attached to an aromatic ring is 1. The molecule has 0 aliphatic carbocycles. The third-order valence-electron chi connectivity index (χ3n) is 3.14. The van der Waals surface area contributed by atoms with Crippen molar-refractivity contribution in [1.82, 2.24) is 10.2 Å². The van der Waals surface area contributed by atoms with Crippen LogP contribution in [0.5, 0.6) is 0 Å². The molecule has 3 nitrogen and oxygen atoms in total. The number of aromatic nitrogens is 2. The van der Waals surface area contributed by atoms with Crippen LogP contribution in [-0.4, -0.2) is 10.2 Å². The topological polar surface area (TPSA) is 54.7 Å². The fourth-order valence-corrected chi connectivity index (χ4v) is 3.54. The Kier molecular flexibility index (Phi) is 4.06. The van der Waals surface area contributed by atoms with Gasteiger partial charge in [0, 0.05) is 25.1 Å². The second-order valence-corrected chi connectivity index (χ2v) is 6.61. The summed E-state index contributed by atoms with van der Waals surface area (Å²) in [4.78, 5) is 0. The first kappa shape index (κ1) is 14.6. The van der Waals surface area contributed by atoms with E-state index < -0.39 is 0 Å². The highest BCUT2D eigenvalue weighted by Gasteiger charge is 2.18. The number of halogens is 3. The molecule has 1 heterocycles. The first-order chi connectivity index (χ1) is 10.1. The Morgan fingerprint density at radius 3 is 2.48 bits per heavy atom. The average molecular weight is 428 g/mol. The van der Waals surface area contributed by atoms with E-state index in [1.165, 1.54) is 0 Å². The minimum atomic E-state index is 0.457. The maximum absolute atomic E-state index is 6.06. The van der Waals surface area contributed by atoms with Crippen LogP contribution in [0.2, 0.25) is 5.02 Å². The number of rotatable bonds is 2. The van der Waals surface area contributed by atoms with Gasteiger partial charge in [-0.15, -0.1) is 0 Å². The van der Waals surface area contributed by atoms with Crippen LogP contribution < -0.4 is 5.73 Å². The summed E-state index contributed by atoms with van der Waals surface area (Å²) in [5.41, 5.74) is 9.71. The van der Waals surface area contributed by atoms with E-state index >= 15 is 0 Å². The molecule has 0 bridgehead atoms. The van der Waals surface area contributed by atoms with E-state index in [0.29, 0.717) is 10.8 Å². The Labute approximate surface area is 143 Å². The average Bonchev–Trinajstić information content (AvgIpc) is 2.81. The van der Waals surface area contributed by atoms with E-state index in [-0.39, 0.29) is 0 Å². The Bertz CT molecular complexity index is 814. The molecule has 0 amide bonds. The molecule has 21 heavy (non-hydrogen) atoms. The molecule has 0 aliphatic heterocycles. The van der Waals surface area contributed by atoms with Gasteiger partial charge in [0.25, 0.3) is 0 Å². The molecule has 3 rings (SSSR count). The van der Waals surface area contributed by atoms with Crippen molar-refractivity contribution in [2.75, 3.05) is 5.73 Å². The van der Waals surface area contributed by atoms with E-state index in [0.717, 1.165) is 31.3 Å². The predicted molar refractivity (Wildman–Crippen MR) is 94.3 cm³/mol. The molecule has 2 aromatic carbocycles. The summed E-state index contributed by atoms with van der Waals surface area (Å²) < 4.78 is 1.84. The van der Waals surface area contributed by atoms with Crippen molar-refractivity contribution in [2.24, 2.45) is 0 Å². The molecular formula is C15H10Br2ClN3. The second kappa shape index (κ2) is 5.83. The normalized spacial score (nSPS) is 10.8. The van der Waals surface area contributed by atoms with E-state index in [4.69, 9.17) is 17.3 Å². The molecule has 3 N–H and O–H groups in total. The van der Waals surface area contributed by atoms with Crippen LogP contribution in [0.15, 0.2) is 51.4 Å². The second-order valence-electron chi connectivity index (χ2n) is 4.46. The van der Waals surface area contributed by atoms with E-state index in [9.17, 15) is 0 Å². The van der Waals surface area contributed by atoms with Crippen LogP contribution in [0.3, 0.4) is 0 Å². The number of hydrogen-bond acceptors (Lipinski definition) is 2. The number of anilines is 1. The minimum absolute atomic E-state index is 0.457. The lowest BCUT2D eigenvalue weighted by atomic mass is 10.0. The lowest BCUT2D eigenvalue weighted by Crippen LogP contribution is -1.90. The summed E-state index contributed by atoms with van der Waals surface area (Å²) >= 11 is 13.1. The monoisotopic (exact) mass is 425 g/mol. The van der Waals surface area contributed by atoms with Crippen LogP contribution in [0, 0.1) is 0 Å². The van der Waals surface area contributed by atoms with Gasteiger partial charge in [0.05, 0.1) is 11.3 Å². The van der Waals surface area contributed by atoms with Crippen LogP contribution in [0.4, 0.5) is 5.82 Å². The molecule has 0 unspecified atom stereocenters.